The smallest absolute Gasteiger partial charge is 0.417 e. The number of alkyl halides is 3. The molecule has 0 bridgehead atoms. The normalized spacial score (nSPS) is 18.0. The standard InChI is InChI=1S/C28H28Cl2F3N3O3/c1-38-27(37)25-20-15-18(29)3-5-24(20)34-26(17-2-4-23(30)22(14-17)28(31,32)33)21(25)16-35-8-6-19(7-9-35)36-10-12-39-13-11-36/h2-5,14-15,19H,6-13,16H2,1H3. The van der Waals surface area contributed by atoms with Crippen LogP contribution in [-0.2, 0) is 22.2 Å². The maximum Gasteiger partial charge on any atom is 0.417 e. The molecule has 3 heterocycles. The van der Waals surface area contributed by atoms with Gasteiger partial charge >= 0.3 is 12.1 Å². The molecule has 0 unspecified atom stereocenters. The number of ether oxygens (including phenoxy) is 2. The number of piperidine rings is 1. The van der Waals surface area contributed by atoms with Gasteiger partial charge < -0.3 is 9.47 Å². The zero-order valence-corrected chi connectivity index (χ0v) is 22.9. The minimum atomic E-state index is -4.65. The molecule has 2 aliphatic rings. The van der Waals surface area contributed by atoms with E-state index in [0.29, 0.717) is 34.1 Å². The van der Waals surface area contributed by atoms with Gasteiger partial charge in [0.15, 0.2) is 0 Å². The number of morpholine rings is 1. The maximum absolute atomic E-state index is 13.8. The highest BCUT2D eigenvalue weighted by Crippen LogP contribution is 2.39. The molecule has 0 radical (unpaired) electrons. The van der Waals surface area contributed by atoms with E-state index in [-0.39, 0.29) is 16.8 Å². The van der Waals surface area contributed by atoms with E-state index in [4.69, 9.17) is 37.7 Å². The van der Waals surface area contributed by atoms with E-state index in [2.05, 4.69) is 9.80 Å². The van der Waals surface area contributed by atoms with Crippen LogP contribution in [0.3, 0.4) is 0 Å². The van der Waals surface area contributed by atoms with Crippen molar-refractivity contribution >= 4 is 40.1 Å². The number of halogens is 5. The summed E-state index contributed by atoms with van der Waals surface area (Å²) in [7, 11) is 1.28. The number of fused-ring (bicyclic) bond motifs is 1. The molecular formula is C28H28Cl2F3N3O3. The molecule has 0 N–H and O–H groups in total. The SMILES string of the molecule is COC(=O)c1c(CN2CCC(N3CCOCC3)CC2)c(-c2ccc(Cl)c(C(F)(F)F)c2)nc2ccc(Cl)cc12. The molecule has 0 spiro atoms. The number of likely N-dealkylation sites (tertiary alicyclic amines) is 1. The molecular weight excluding hydrogens is 554 g/mol. The lowest BCUT2D eigenvalue weighted by atomic mass is 9.94. The van der Waals surface area contributed by atoms with Crippen LogP contribution in [-0.4, -0.2) is 73.3 Å². The molecule has 2 aromatic carbocycles. The highest BCUT2D eigenvalue weighted by molar-refractivity contribution is 6.32. The largest absolute Gasteiger partial charge is 0.465 e. The second kappa shape index (κ2) is 11.6. The lowest BCUT2D eigenvalue weighted by Gasteiger charge is -2.40. The van der Waals surface area contributed by atoms with Crippen LogP contribution in [0.2, 0.25) is 10.0 Å². The van der Waals surface area contributed by atoms with Crippen LogP contribution in [0.1, 0.15) is 34.3 Å². The molecule has 5 rings (SSSR count). The molecule has 39 heavy (non-hydrogen) atoms. The van der Waals surface area contributed by atoms with Crippen molar-refractivity contribution in [3.05, 3.63) is 63.1 Å². The van der Waals surface area contributed by atoms with E-state index in [1.54, 1.807) is 18.2 Å². The number of carbonyl (C=O) groups is 1. The van der Waals surface area contributed by atoms with Gasteiger partial charge in [-0.1, -0.05) is 29.3 Å². The molecule has 1 aromatic heterocycles. The third-order valence-corrected chi connectivity index (χ3v) is 8.05. The van der Waals surface area contributed by atoms with Crippen LogP contribution in [0.25, 0.3) is 22.2 Å². The van der Waals surface area contributed by atoms with Gasteiger partial charge in [0.25, 0.3) is 0 Å². The van der Waals surface area contributed by atoms with Crippen LogP contribution in [0.4, 0.5) is 13.2 Å². The number of methoxy groups -OCH3 is 1. The van der Waals surface area contributed by atoms with E-state index in [1.165, 1.54) is 19.2 Å². The number of esters is 1. The van der Waals surface area contributed by atoms with Gasteiger partial charge in [0, 0.05) is 47.2 Å². The van der Waals surface area contributed by atoms with Crippen molar-refractivity contribution in [2.45, 2.75) is 31.6 Å². The first-order valence-corrected chi connectivity index (χ1v) is 13.5. The Morgan fingerprint density at radius 1 is 1.08 bits per heavy atom. The third-order valence-electron chi connectivity index (χ3n) is 7.48. The average Bonchev–Trinajstić information content (AvgIpc) is 2.93. The van der Waals surface area contributed by atoms with Gasteiger partial charge in [-0.15, -0.1) is 0 Å². The molecule has 2 saturated heterocycles. The van der Waals surface area contributed by atoms with Crippen LogP contribution in [0.5, 0.6) is 0 Å². The number of aromatic nitrogens is 1. The number of carbonyl (C=O) groups excluding carboxylic acids is 1. The fourth-order valence-electron chi connectivity index (χ4n) is 5.50. The summed E-state index contributed by atoms with van der Waals surface area (Å²) < 4.78 is 51.9. The summed E-state index contributed by atoms with van der Waals surface area (Å²) in [4.78, 5) is 22.6. The second-order valence-electron chi connectivity index (χ2n) is 9.82. The molecule has 2 fully saturated rings. The van der Waals surface area contributed by atoms with Crippen molar-refractivity contribution in [1.82, 2.24) is 14.8 Å². The van der Waals surface area contributed by atoms with E-state index in [0.717, 1.165) is 58.3 Å². The van der Waals surface area contributed by atoms with Crippen LogP contribution in [0.15, 0.2) is 36.4 Å². The van der Waals surface area contributed by atoms with E-state index >= 15 is 0 Å². The molecule has 0 aliphatic carbocycles. The van der Waals surface area contributed by atoms with Crippen molar-refractivity contribution < 1.29 is 27.4 Å². The highest BCUT2D eigenvalue weighted by atomic mass is 35.5. The summed E-state index contributed by atoms with van der Waals surface area (Å²) in [6, 6.07) is 9.05. The Bertz CT molecular complexity index is 1370. The van der Waals surface area contributed by atoms with Gasteiger partial charge in [0.05, 0.1) is 47.7 Å². The summed E-state index contributed by atoms with van der Waals surface area (Å²) in [5.74, 6) is -0.603. The Balaban J connectivity index is 1.58. The number of hydrogen-bond donors (Lipinski definition) is 0. The molecule has 0 amide bonds. The summed E-state index contributed by atoms with van der Waals surface area (Å²) in [5, 5.41) is 0.491. The fourth-order valence-corrected chi connectivity index (χ4v) is 5.90. The molecule has 3 aromatic rings. The maximum atomic E-state index is 13.8. The third kappa shape index (κ3) is 6.02. The molecule has 0 atom stereocenters. The van der Waals surface area contributed by atoms with Crippen LogP contribution >= 0.6 is 23.2 Å². The van der Waals surface area contributed by atoms with Crippen molar-refractivity contribution in [3.8, 4) is 11.3 Å². The van der Waals surface area contributed by atoms with Crippen molar-refractivity contribution in [2.24, 2.45) is 0 Å². The Morgan fingerprint density at radius 2 is 1.79 bits per heavy atom. The Labute approximate surface area is 234 Å². The molecule has 0 saturated carbocycles. The Hall–Kier alpha value is -2.43. The number of hydrogen-bond acceptors (Lipinski definition) is 6. The fraction of sp³-hybridized carbons (Fsp3) is 0.429. The van der Waals surface area contributed by atoms with E-state index in [9.17, 15) is 18.0 Å². The van der Waals surface area contributed by atoms with Gasteiger partial charge in [-0.3, -0.25) is 9.80 Å². The van der Waals surface area contributed by atoms with Crippen molar-refractivity contribution in [3.63, 3.8) is 0 Å². The van der Waals surface area contributed by atoms with Gasteiger partial charge in [-0.25, -0.2) is 9.78 Å². The van der Waals surface area contributed by atoms with Gasteiger partial charge in [-0.2, -0.15) is 13.2 Å². The van der Waals surface area contributed by atoms with Crippen LogP contribution < -0.4 is 0 Å². The number of nitrogens with zero attached hydrogens (tertiary/aromatic N) is 3. The monoisotopic (exact) mass is 581 g/mol. The molecule has 2 aliphatic heterocycles. The predicted molar refractivity (Wildman–Crippen MR) is 144 cm³/mol. The average molecular weight is 582 g/mol. The lowest BCUT2D eigenvalue weighted by Crippen LogP contribution is -2.48. The van der Waals surface area contributed by atoms with E-state index < -0.39 is 22.7 Å². The topological polar surface area (TPSA) is 54.9 Å². The first-order chi connectivity index (χ1) is 18.7. The Kier molecular flexibility index (Phi) is 8.35. The van der Waals surface area contributed by atoms with E-state index in [1.807, 2.05) is 0 Å². The summed E-state index contributed by atoms with van der Waals surface area (Å²) >= 11 is 12.2. The molecule has 208 valence electrons. The second-order valence-corrected chi connectivity index (χ2v) is 10.7. The molecule has 11 heteroatoms. The van der Waals surface area contributed by atoms with Gasteiger partial charge in [0.2, 0.25) is 0 Å². The summed E-state index contributed by atoms with van der Waals surface area (Å²) in [6.45, 7) is 5.14. The zero-order chi connectivity index (χ0) is 27.7. The lowest BCUT2D eigenvalue weighted by molar-refractivity contribution is -0.137. The minimum Gasteiger partial charge on any atom is -0.465 e. The van der Waals surface area contributed by atoms with Gasteiger partial charge in [-0.05, 0) is 56.3 Å². The number of pyridine rings is 1. The summed E-state index contributed by atoms with van der Waals surface area (Å²) in [5.41, 5.74) is 0.704. The highest BCUT2D eigenvalue weighted by Gasteiger charge is 2.34. The molecule has 6 nitrogen and oxygen atoms in total. The van der Waals surface area contributed by atoms with Crippen LogP contribution in [0, 0.1) is 0 Å². The predicted octanol–water partition coefficient (Wildman–Crippen LogP) is 6.31. The minimum absolute atomic E-state index is 0.215. The summed E-state index contributed by atoms with van der Waals surface area (Å²) in [6.07, 6.45) is -2.77. The zero-order valence-electron chi connectivity index (χ0n) is 21.4. The number of rotatable bonds is 5. The first kappa shape index (κ1) is 28.1. The van der Waals surface area contributed by atoms with Crippen molar-refractivity contribution in [2.75, 3.05) is 46.5 Å². The quantitative estimate of drug-likeness (QED) is 0.329. The van der Waals surface area contributed by atoms with Gasteiger partial charge in [0.1, 0.15) is 0 Å². The Morgan fingerprint density at radius 3 is 2.46 bits per heavy atom. The first-order valence-electron chi connectivity index (χ1n) is 12.8. The van der Waals surface area contributed by atoms with Crippen molar-refractivity contribution in [1.29, 1.82) is 0 Å². The number of benzene rings is 2.